The molecule has 18 heavy (non-hydrogen) atoms. The van der Waals surface area contributed by atoms with E-state index in [-0.39, 0.29) is 17.3 Å². The van der Waals surface area contributed by atoms with Crippen molar-refractivity contribution in [3.05, 3.63) is 36.2 Å². The van der Waals surface area contributed by atoms with Gasteiger partial charge < -0.3 is 11.1 Å². The molecule has 0 bridgehead atoms. The van der Waals surface area contributed by atoms with Crippen LogP contribution in [0, 0.1) is 11.3 Å². The number of carbonyl (C=O) groups is 1. The Balaban J connectivity index is 2.32. The summed E-state index contributed by atoms with van der Waals surface area (Å²) in [4.78, 5) is 26.3. The summed E-state index contributed by atoms with van der Waals surface area (Å²) in [5.74, 6) is -0.314. The molecule has 0 fully saturated rings. The molecule has 88 valence electrons. The fourth-order valence-electron chi connectivity index (χ4n) is 1.18. The second-order valence-corrected chi connectivity index (χ2v) is 3.12. The number of rotatable bonds is 3. The highest BCUT2D eigenvalue weighted by atomic mass is 16.1. The number of nitrogens with zero attached hydrogens (tertiary/aromatic N) is 5. The van der Waals surface area contributed by atoms with Gasteiger partial charge in [0.25, 0.3) is 5.91 Å². The van der Waals surface area contributed by atoms with Gasteiger partial charge in [-0.15, -0.1) is 0 Å². The summed E-state index contributed by atoms with van der Waals surface area (Å²) in [5, 5.41) is 11.6. The summed E-state index contributed by atoms with van der Waals surface area (Å²) in [6.07, 6.45) is 4.20. The lowest BCUT2D eigenvalue weighted by molar-refractivity contribution is 0.0990. The average Bonchev–Trinajstić information content (AvgIpc) is 2.39. The van der Waals surface area contributed by atoms with E-state index in [1.165, 1.54) is 24.7 Å². The Morgan fingerprint density at radius 3 is 2.78 bits per heavy atom. The van der Waals surface area contributed by atoms with Crippen molar-refractivity contribution in [1.29, 1.82) is 5.26 Å². The quantitative estimate of drug-likeness (QED) is 0.771. The highest BCUT2D eigenvalue weighted by Gasteiger charge is 2.08. The molecule has 0 saturated heterocycles. The van der Waals surface area contributed by atoms with Crippen molar-refractivity contribution in [3.63, 3.8) is 0 Å². The predicted molar refractivity (Wildman–Crippen MR) is 60.6 cm³/mol. The third-order valence-electron chi connectivity index (χ3n) is 1.93. The van der Waals surface area contributed by atoms with Crippen LogP contribution < -0.4 is 11.1 Å². The average molecular weight is 241 g/mol. The number of nitriles is 1. The standard InChI is InChI=1S/C10H7N7O/c11-5-6-9(15-4-3-13-6)16-7-1-2-14-10(17-7)8(12)18/h1-4H,(H2,12,18)(H,14,15,16,17). The monoisotopic (exact) mass is 241 g/mol. The van der Waals surface area contributed by atoms with Gasteiger partial charge in [0.1, 0.15) is 11.9 Å². The third kappa shape index (κ3) is 2.35. The van der Waals surface area contributed by atoms with Gasteiger partial charge in [0.15, 0.2) is 11.5 Å². The van der Waals surface area contributed by atoms with Crippen LogP contribution >= 0.6 is 0 Å². The smallest absolute Gasteiger partial charge is 0.286 e. The van der Waals surface area contributed by atoms with Gasteiger partial charge in [0.05, 0.1) is 0 Å². The topological polar surface area (TPSA) is 130 Å². The number of nitrogens with one attached hydrogen (secondary N) is 1. The number of aromatic nitrogens is 4. The maximum Gasteiger partial charge on any atom is 0.286 e. The highest BCUT2D eigenvalue weighted by molar-refractivity contribution is 5.89. The van der Waals surface area contributed by atoms with Crippen LogP contribution in [-0.2, 0) is 0 Å². The van der Waals surface area contributed by atoms with E-state index in [9.17, 15) is 4.79 Å². The van der Waals surface area contributed by atoms with Crippen molar-refractivity contribution in [2.45, 2.75) is 0 Å². The molecular weight excluding hydrogens is 234 g/mol. The van der Waals surface area contributed by atoms with E-state index in [2.05, 4.69) is 25.3 Å². The van der Waals surface area contributed by atoms with Gasteiger partial charge in [-0.2, -0.15) is 5.26 Å². The van der Waals surface area contributed by atoms with E-state index in [1.807, 2.05) is 6.07 Å². The summed E-state index contributed by atoms with van der Waals surface area (Å²) >= 11 is 0. The van der Waals surface area contributed by atoms with E-state index in [0.717, 1.165) is 0 Å². The predicted octanol–water partition coefficient (Wildman–Crippen LogP) is -0.0192. The van der Waals surface area contributed by atoms with Gasteiger partial charge in [-0.3, -0.25) is 4.79 Å². The van der Waals surface area contributed by atoms with Gasteiger partial charge in [-0.05, 0) is 6.07 Å². The van der Waals surface area contributed by atoms with Gasteiger partial charge in [-0.1, -0.05) is 0 Å². The molecule has 0 aliphatic heterocycles. The molecule has 0 saturated carbocycles. The van der Waals surface area contributed by atoms with Crippen molar-refractivity contribution < 1.29 is 4.79 Å². The molecule has 0 aliphatic carbocycles. The van der Waals surface area contributed by atoms with Crippen molar-refractivity contribution in [2.24, 2.45) is 5.73 Å². The van der Waals surface area contributed by atoms with Crippen LogP contribution in [0.2, 0.25) is 0 Å². The first kappa shape index (κ1) is 11.4. The van der Waals surface area contributed by atoms with Gasteiger partial charge >= 0.3 is 0 Å². The molecule has 0 unspecified atom stereocenters. The van der Waals surface area contributed by atoms with Crippen LogP contribution in [-0.4, -0.2) is 25.8 Å². The Bertz CT molecular complexity index is 634. The Kier molecular flexibility index (Phi) is 3.06. The first-order valence-corrected chi connectivity index (χ1v) is 4.81. The number of primary amides is 1. The van der Waals surface area contributed by atoms with Crippen molar-refractivity contribution in [2.75, 3.05) is 5.32 Å². The van der Waals surface area contributed by atoms with Gasteiger partial charge in [-0.25, -0.2) is 19.9 Å². The number of hydrogen-bond acceptors (Lipinski definition) is 7. The summed E-state index contributed by atoms with van der Waals surface area (Å²) in [6, 6.07) is 3.40. The minimum atomic E-state index is -0.738. The number of hydrogen-bond donors (Lipinski definition) is 2. The normalized spacial score (nSPS) is 9.50. The molecule has 0 aromatic carbocycles. The third-order valence-corrected chi connectivity index (χ3v) is 1.93. The van der Waals surface area contributed by atoms with Gasteiger partial charge in [0.2, 0.25) is 5.82 Å². The molecule has 8 heteroatoms. The van der Waals surface area contributed by atoms with E-state index >= 15 is 0 Å². The Morgan fingerprint density at radius 1 is 1.28 bits per heavy atom. The molecule has 2 rings (SSSR count). The van der Waals surface area contributed by atoms with Crippen molar-refractivity contribution >= 4 is 17.5 Å². The summed E-state index contributed by atoms with van der Waals surface area (Å²) in [6.45, 7) is 0. The van der Waals surface area contributed by atoms with Crippen LogP contribution in [0.4, 0.5) is 11.6 Å². The maximum absolute atomic E-state index is 10.9. The molecule has 2 heterocycles. The number of anilines is 2. The SMILES string of the molecule is N#Cc1nccnc1Nc1ccnc(C(N)=O)n1. The summed E-state index contributed by atoms with van der Waals surface area (Å²) in [5.41, 5.74) is 5.18. The molecular formula is C10H7N7O. The minimum Gasteiger partial charge on any atom is -0.363 e. The molecule has 0 spiro atoms. The Hall–Kier alpha value is -3.08. The van der Waals surface area contributed by atoms with Gasteiger partial charge in [0, 0.05) is 18.6 Å². The largest absolute Gasteiger partial charge is 0.363 e. The van der Waals surface area contributed by atoms with E-state index < -0.39 is 5.91 Å². The Labute approximate surface area is 102 Å². The lowest BCUT2D eigenvalue weighted by Crippen LogP contribution is -2.15. The van der Waals surface area contributed by atoms with E-state index in [4.69, 9.17) is 11.0 Å². The maximum atomic E-state index is 10.9. The van der Waals surface area contributed by atoms with Crippen LogP contribution in [0.1, 0.15) is 16.3 Å². The lowest BCUT2D eigenvalue weighted by atomic mass is 10.4. The molecule has 2 aromatic rings. The van der Waals surface area contributed by atoms with Crippen molar-refractivity contribution in [3.8, 4) is 6.07 Å². The molecule has 0 aliphatic rings. The van der Waals surface area contributed by atoms with Crippen LogP contribution in [0.3, 0.4) is 0 Å². The number of nitrogens with two attached hydrogens (primary N) is 1. The molecule has 3 N–H and O–H groups in total. The van der Waals surface area contributed by atoms with Crippen molar-refractivity contribution in [1.82, 2.24) is 19.9 Å². The van der Waals surface area contributed by atoms with Crippen LogP contribution in [0.15, 0.2) is 24.7 Å². The summed E-state index contributed by atoms with van der Waals surface area (Å²) < 4.78 is 0. The minimum absolute atomic E-state index is 0.122. The highest BCUT2D eigenvalue weighted by Crippen LogP contribution is 2.13. The second kappa shape index (κ2) is 4.84. The van der Waals surface area contributed by atoms with E-state index in [0.29, 0.717) is 5.82 Å². The van der Waals surface area contributed by atoms with Crippen LogP contribution in [0.5, 0.6) is 0 Å². The zero-order valence-electron chi connectivity index (χ0n) is 9.03. The fraction of sp³-hybridized carbons (Fsp3) is 0. The first-order valence-electron chi connectivity index (χ1n) is 4.81. The summed E-state index contributed by atoms with van der Waals surface area (Å²) in [7, 11) is 0. The number of amides is 1. The van der Waals surface area contributed by atoms with Crippen LogP contribution in [0.25, 0.3) is 0 Å². The number of carbonyl (C=O) groups excluding carboxylic acids is 1. The zero-order chi connectivity index (χ0) is 13.0. The Morgan fingerprint density at radius 2 is 2.06 bits per heavy atom. The molecule has 0 radical (unpaired) electrons. The zero-order valence-corrected chi connectivity index (χ0v) is 9.03. The lowest BCUT2D eigenvalue weighted by Gasteiger charge is -2.05. The fourth-order valence-corrected chi connectivity index (χ4v) is 1.18. The molecule has 2 aromatic heterocycles. The molecule has 1 amide bonds. The molecule has 8 nitrogen and oxygen atoms in total. The molecule has 0 atom stereocenters. The second-order valence-electron chi connectivity index (χ2n) is 3.12. The van der Waals surface area contributed by atoms with E-state index in [1.54, 1.807) is 0 Å². The first-order chi connectivity index (χ1) is 8.70.